The summed E-state index contributed by atoms with van der Waals surface area (Å²) in [6, 6.07) is 22.8. The summed E-state index contributed by atoms with van der Waals surface area (Å²) in [5.41, 5.74) is 3.85. The number of nitrogens with one attached hydrogen (secondary N) is 1. The molecule has 0 radical (unpaired) electrons. The van der Waals surface area contributed by atoms with Gasteiger partial charge in [-0.1, -0.05) is 37.3 Å². The largest absolute Gasteiger partial charge is 0.497 e. The Hall–Kier alpha value is -4.13. The van der Waals surface area contributed by atoms with Crippen LogP contribution in [0.1, 0.15) is 35.7 Å². The highest BCUT2D eigenvalue weighted by Gasteiger charge is 2.30. The van der Waals surface area contributed by atoms with Crippen LogP contribution in [0.15, 0.2) is 77.2 Å². The smallest absolute Gasteiger partial charge is 0.253 e. The number of nitrogens with zero attached hydrogens (tertiary/aromatic N) is 2. The van der Waals surface area contributed by atoms with Crippen LogP contribution < -0.4 is 10.1 Å². The number of benzene rings is 3. The van der Waals surface area contributed by atoms with E-state index in [1.54, 1.807) is 19.2 Å². The number of carbonyl (C=O) groups is 2. The van der Waals surface area contributed by atoms with E-state index in [9.17, 15) is 9.59 Å². The molecule has 0 aliphatic carbocycles. The Balaban J connectivity index is 1.16. The quantitative estimate of drug-likeness (QED) is 0.374. The summed E-state index contributed by atoms with van der Waals surface area (Å²) in [5.74, 6) is 1.50. The maximum absolute atomic E-state index is 13.2. The van der Waals surface area contributed by atoms with Crippen molar-refractivity contribution in [2.24, 2.45) is 11.8 Å². The molecule has 2 amide bonds. The van der Waals surface area contributed by atoms with E-state index < -0.39 is 0 Å². The number of methoxy groups -OCH3 is 1. The molecule has 4 aromatic rings. The van der Waals surface area contributed by atoms with Crippen LogP contribution in [0.4, 0.5) is 0 Å². The topological polar surface area (TPSA) is 84.7 Å². The van der Waals surface area contributed by atoms with E-state index in [2.05, 4.69) is 10.3 Å². The van der Waals surface area contributed by atoms with Crippen LogP contribution in [0, 0.1) is 11.8 Å². The molecule has 0 saturated carbocycles. The Labute approximate surface area is 216 Å². The summed E-state index contributed by atoms with van der Waals surface area (Å²) < 4.78 is 11.1. The van der Waals surface area contributed by atoms with E-state index >= 15 is 0 Å². The normalized spacial score (nSPS) is 14.9. The summed E-state index contributed by atoms with van der Waals surface area (Å²) in [6.07, 6.45) is 1.60. The number of fused-ring (bicyclic) bond motifs is 1. The van der Waals surface area contributed by atoms with Crippen molar-refractivity contribution in [2.45, 2.75) is 26.3 Å². The summed E-state index contributed by atoms with van der Waals surface area (Å²) in [5, 5.41) is 3.05. The first-order valence-corrected chi connectivity index (χ1v) is 12.7. The number of amides is 2. The van der Waals surface area contributed by atoms with Gasteiger partial charge in [0, 0.05) is 36.7 Å². The minimum absolute atomic E-state index is 0.0128. The molecule has 2 heterocycles. The van der Waals surface area contributed by atoms with Crippen LogP contribution in [0.2, 0.25) is 0 Å². The number of piperidine rings is 1. The van der Waals surface area contributed by atoms with Gasteiger partial charge in [0.15, 0.2) is 5.58 Å². The summed E-state index contributed by atoms with van der Waals surface area (Å²) in [7, 11) is 1.63. The average molecular weight is 498 g/mol. The van der Waals surface area contributed by atoms with Gasteiger partial charge in [-0.05, 0) is 66.8 Å². The Bertz CT molecular complexity index is 1370. The van der Waals surface area contributed by atoms with Gasteiger partial charge < -0.3 is 19.4 Å². The SMILES string of the molecule is COc1ccc(CNC(=O)[C@H](C)C2CCN(C(=O)c3ccc4oc(-c5ccccc5)nc4c3)CC2)cc1. The predicted molar refractivity (Wildman–Crippen MR) is 142 cm³/mol. The van der Waals surface area contributed by atoms with Crippen molar-refractivity contribution in [1.29, 1.82) is 0 Å². The zero-order valence-electron chi connectivity index (χ0n) is 21.1. The predicted octanol–water partition coefficient (Wildman–Crippen LogP) is 5.31. The Morgan fingerprint density at radius 3 is 2.49 bits per heavy atom. The van der Waals surface area contributed by atoms with Crippen LogP contribution in [-0.4, -0.2) is 41.9 Å². The molecule has 7 nitrogen and oxygen atoms in total. The van der Waals surface area contributed by atoms with E-state index in [-0.39, 0.29) is 23.7 Å². The first-order valence-electron chi connectivity index (χ1n) is 12.7. The molecule has 1 N–H and O–H groups in total. The fourth-order valence-electron chi connectivity index (χ4n) is 4.86. The molecule has 1 aliphatic heterocycles. The third kappa shape index (κ3) is 5.50. The summed E-state index contributed by atoms with van der Waals surface area (Å²) >= 11 is 0. The number of hydrogen-bond donors (Lipinski definition) is 1. The van der Waals surface area contributed by atoms with Crippen LogP contribution in [0.3, 0.4) is 0 Å². The average Bonchev–Trinajstić information content (AvgIpc) is 3.39. The number of hydrogen-bond acceptors (Lipinski definition) is 5. The molecule has 5 rings (SSSR count). The lowest BCUT2D eigenvalue weighted by Crippen LogP contribution is -2.42. The minimum atomic E-state index is -0.113. The van der Waals surface area contributed by atoms with Crippen molar-refractivity contribution in [3.63, 3.8) is 0 Å². The number of likely N-dealkylation sites (tertiary alicyclic amines) is 1. The number of rotatable bonds is 7. The molecule has 37 heavy (non-hydrogen) atoms. The van der Waals surface area contributed by atoms with E-state index in [4.69, 9.17) is 9.15 Å². The highest BCUT2D eigenvalue weighted by molar-refractivity contribution is 5.97. The molecule has 0 spiro atoms. The van der Waals surface area contributed by atoms with Gasteiger partial charge in [0.1, 0.15) is 11.3 Å². The molecule has 1 aliphatic rings. The fraction of sp³-hybridized carbons (Fsp3) is 0.300. The van der Waals surface area contributed by atoms with E-state index in [0.717, 1.165) is 29.7 Å². The molecule has 1 atom stereocenters. The third-order valence-corrected chi connectivity index (χ3v) is 7.23. The number of oxazole rings is 1. The minimum Gasteiger partial charge on any atom is -0.497 e. The van der Waals surface area contributed by atoms with E-state index in [1.165, 1.54) is 0 Å². The van der Waals surface area contributed by atoms with Gasteiger partial charge in [-0.2, -0.15) is 0 Å². The lowest BCUT2D eigenvalue weighted by molar-refractivity contribution is -0.126. The number of carbonyl (C=O) groups excluding carboxylic acids is 2. The lowest BCUT2D eigenvalue weighted by atomic mass is 9.84. The van der Waals surface area contributed by atoms with Gasteiger partial charge in [0.25, 0.3) is 5.91 Å². The highest BCUT2D eigenvalue weighted by Crippen LogP contribution is 2.28. The second-order valence-corrected chi connectivity index (χ2v) is 9.55. The molecule has 3 aromatic carbocycles. The van der Waals surface area contributed by atoms with E-state index in [1.807, 2.05) is 72.5 Å². The van der Waals surface area contributed by atoms with Crippen LogP contribution >= 0.6 is 0 Å². The van der Waals surface area contributed by atoms with Crippen LogP contribution in [0.5, 0.6) is 5.75 Å². The molecular weight excluding hydrogens is 466 g/mol. The van der Waals surface area contributed by atoms with Gasteiger partial charge in [0.2, 0.25) is 11.8 Å². The zero-order chi connectivity index (χ0) is 25.8. The molecule has 190 valence electrons. The lowest BCUT2D eigenvalue weighted by Gasteiger charge is -2.34. The van der Waals surface area contributed by atoms with Gasteiger partial charge in [-0.25, -0.2) is 4.98 Å². The van der Waals surface area contributed by atoms with Gasteiger partial charge in [-0.3, -0.25) is 9.59 Å². The summed E-state index contributed by atoms with van der Waals surface area (Å²) in [6.45, 7) is 3.73. The maximum Gasteiger partial charge on any atom is 0.253 e. The number of aromatic nitrogens is 1. The zero-order valence-corrected chi connectivity index (χ0v) is 21.1. The standard InChI is InChI=1S/C30H31N3O4/c1-20(28(34)31-19-21-8-11-25(36-2)12-9-21)22-14-16-33(17-15-22)30(35)24-10-13-27-26(18-24)32-29(37-27)23-6-4-3-5-7-23/h3-13,18,20,22H,14-17,19H2,1-2H3,(H,31,34)/t20-/m1/s1. The Kier molecular flexibility index (Phi) is 7.21. The molecular formula is C30H31N3O4. The molecule has 1 saturated heterocycles. The van der Waals surface area contributed by atoms with Crippen LogP contribution in [0.25, 0.3) is 22.6 Å². The molecule has 7 heteroatoms. The maximum atomic E-state index is 13.2. The van der Waals surface area contributed by atoms with Crippen molar-refractivity contribution in [2.75, 3.05) is 20.2 Å². The van der Waals surface area contributed by atoms with Crippen molar-refractivity contribution in [1.82, 2.24) is 15.2 Å². The molecule has 0 unspecified atom stereocenters. The van der Waals surface area contributed by atoms with Crippen molar-refractivity contribution in [3.8, 4) is 17.2 Å². The first-order chi connectivity index (χ1) is 18.0. The molecule has 0 bridgehead atoms. The highest BCUT2D eigenvalue weighted by atomic mass is 16.5. The van der Waals surface area contributed by atoms with E-state index in [0.29, 0.717) is 42.2 Å². The van der Waals surface area contributed by atoms with Crippen molar-refractivity contribution in [3.05, 3.63) is 83.9 Å². The second-order valence-electron chi connectivity index (χ2n) is 9.55. The monoisotopic (exact) mass is 497 g/mol. The van der Waals surface area contributed by atoms with Gasteiger partial charge in [-0.15, -0.1) is 0 Å². The van der Waals surface area contributed by atoms with Crippen molar-refractivity contribution >= 4 is 22.9 Å². The fourth-order valence-corrected chi connectivity index (χ4v) is 4.86. The third-order valence-electron chi connectivity index (χ3n) is 7.23. The van der Waals surface area contributed by atoms with Crippen molar-refractivity contribution < 1.29 is 18.7 Å². The first kappa shape index (κ1) is 24.6. The Morgan fingerprint density at radius 2 is 1.78 bits per heavy atom. The molecule has 1 aromatic heterocycles. The second kappa shape index (κ2) is 10.9. The van der Waals surface area contributed by atoms with Gasteiger partial charge in [0.05, 0.1) is 7.11 Å². The summed E-state index contributed by atoms with van der Waals surface area (Å²) in [4.78, 5) is 32.4. The Morgan fingerprint density at radius 1 is 1.05 bits per heavy atom. The number of ether oxygens (including phenoxy) is 1. The molecule has 1 fully saturated rings. The van der Waals surface area contributed by atoms with Crippen LogP contribution in [-0.2, 0) is 11.3 Å². The van der Waals surface area contributed by atoms with Gasteiger partial charge >= 0.3 is 0 Å².